The molecule has 5 N–H and O–H groups in total. The van der Waals surface area contributed by atoms with Gasteiger partial charge in [-0.2, -0.15) is 0 Å². The number of benzene rings is 2. The number of carbonyl (C=O) groups is 2. The summed E-state index contributed by atoms with van der Waals surface area (Å²) in [6, 6.07) is 14.9. The zero-order valence-corrected chi connectivity index (χ0v) is 20.8. The summed E-state index contributed by atoms with van der Waals surface area (Å²) in [5.41, 5.74) is 10.4. The maximum Gasteiger partial charge on any atom is 0.274 e. The Bertz CT molecular complexity index is 1390. The smallest absolute Gasteiger partial charge is 0.274 e. The zero-order valence-electron chi connectivity index (χ0n) is 20.0. The fourth-order valence-corrected chi connectivity index (χ4v) is 4.59. The van der Waals surface area contributed by atoms with Crippen molar-refractivity contribution in [1.82, 2.24) is 35.5 Å². The Hall–Kier alpha value is -4.22. The van der Waals surface area contributed by atoms with E-state index in [1.807, 2.05) is 35.7 Å². The van der Waals surface area contributed by atoms with E-state index < -0.39 is 0 Å². The first-order valence-electron chi connectivity index (χ1n) is 12.0. The third-order valence-corrected chi connectivity index (χ3v) is 6.64. The highest BCUT2D eigenvalue weighted by Crippen LogP contribution is 2.21. The van der Waals surface area contributed by atoms with Crippen LogP contribution in [0, 0.1) is 0 Å². The molecule has 2 amide bonds. The molecule has 0 aliphatic carbocycles. The van der Waals surface area contributed by atoms with Crippen LogP contribution < -0.4 is 21.7 Å². The second-order valence-electron chi connectivity index (χ2n) is 8.76. The number of nitrogens with zero attached hydrogens (tertiary/aromatic N) is 4. The third-order valence-electron chi connectivity index (χ3n) is 6.13. The van der Waals surface area contributed by atoms with Crippen molar-refractivity contribution in [2.45, 2.75) is 25.4 Å². The monoisotopic (exact) mass is 514 g/mol. The van der Waals surface area contributed by atoms with Gasteiger partial charge < -0.3 is 21.7 Å². The number of carbonyl (C=O) groups excluding carboxylic acids is 2. The van der Waals surface area contributed by atoms with E-state index in [1.54, 1.807) is 18.2 Å². The molecule has 0 radical (unpaired) electrons. The normalized spacial score (nSPS) is 15.2. The summed E-state index contributed by atoms with van der Waals surface area (Å²) in [6.07, 6.45) is 3.40. The van der Waals surface area contributed by atoms with Crippen LogP contribution in [-0.2, 0) is 6.54 Å². The van der Waals surface area contributed by atoms with E-state index in [-0.39, 0.29) is 29.4 Å². The molecule has 0 spiro atoms. The Balaban J connectivity index is 1.25. The predicted octanol–water partition coefficient (Wildman–Crippen LogP) is 2.66. The van der Waals surface area contributed by atoms with Crippen molar-refractivity contribution in [3.8, 4) is 22.5 Å². The molecule has 0 bridgehead atoms. The molecule has 188 valence electrons. The summed E-state index contributed by atoms with van der Waals surface area (Å²) in [5, 5.41) is 15.1. The van der Waals surface area contributed by atoms with Crippen LogP contribution in [0.5, 0.6) is 0 Å². The number of amides is 2. The van der Waals surface area contributed by atoms with Crippen molar-refractivity contribution < 1.29 is 9.59 Å². The maximum atomic E-state index is 12.9. The van der Waals surface area contributed by atoms with Crippen LogP contribution in [0.1, 0.15) is 39.3 Å². The Labute approximate surface area is 217 Å². The topological polar surface area (TPSA) is 148 Å². The van der Waals surface area contributed by atoms with E-state index in [1.165, 1.54) is 17.7 Å². The largest absolute Gasteiger partial charge is 0.382 e. The molecule has 0 saturated carbocycles. The molecular weight excluding hydrogens is 488 g/mol. The molecule has 1 fully saturated rings. The summed E-state index contributed by atoms with van der Waals surface area (Å²) in [7, 11) is 0. The lowest BCUT2D eigenvalue weighted by Crippen LogP contribution is -2.46. The van der Waals surface area contributed by atoms with Crippen molar-refractivity contribution >= 4 is 29.2 Å². The molecule has 1 aliphatic heterocycles. The molecule has 5 rings (SSSR count). The lowest BCUT2D eigenvalue weighted by molar-refractivity contribution is 0.0923. The van der Waals surface area contributed by atoms with E-state index in [0.717, 1.165) is 36.2 Å². The van der Waals surface area contributed by atoms with E-state index in [4.69, 9.17) is 5.73 Å². The molecule has 2 aromatic carbocycles. The quantitative estimate of drug-likeness (QED) is 0.294. The van der Waals surface area contributed by atoms with Crippen LogP contribution in [0.2, 0.25) is 0 Å². The molecule has 1 saturated heterocycles. The lowest BCUT2D eigenvalue weighted by atomic mass is 10.1. The highest BCUT2D eigenvalue weighted by atomic mass is 32.1. The Morgan fingerprint density at radius 1 is 1.08 bits per heavy atom. The minimum Gasteiger partial charge on any atom is -0.382 e. The number of piperidine rings is 1. The van der Waals surface area contributed by atoms with Crippen molar-refractivity contribution in [2.75, 3.05) is 18.8 Å². The van der Waals surface area contributed by atoms with Crippen LogP contribution >= 0.6 is 11.5 Å². The molecule has 1 atom stereocenters. The van der Waals surface area contributed by atoms with Gasteiger partial charge in [0.25, 0.3) is 11.8 Å². The van der Waals surface area contributed by atoms with Crippen LogP contribution in [-0.4, -0.2) is 50.5 Å². The number of rotatable bonds is 7. The van der Waals surface area contributed by atoms with Gasteiger partial charge in [-0.3, -0.25) is 9.59 Å². The average Bonchev–Trinajstić information content (AvgIpc) is 3.48. The number of nitrogens with two attached hydrogens (primary N) is 1. The number of hydrogen-bond donors (Lipinski definition) is 4. The molecule has 11 heteroatoms. The minimum absolute atomic E-state index is 0.0265. The molecule has 1 aliphatic rings. The summed E-state index contributed by atoms with van der Waals surface area (Å²) in [5.74, 6) is -0.511. The Kier molecular flexibility index (Phi) is 7.43. The molecule has 4 aromatic rings. The van der Waals surface area contributed by atoms with Gasteiger partial charge in [0.2, 0.25) is 0 Å². The van der Waals surface area contributed by atoms with Crippen LogP contribution in [0.4, 0.5) is 5.82 Å². The summed E-state index contributed by atoms with van der Waals surface area (Å²) < 4.78 is 3.88. The van der Waals surface area contributed by atoms with E-state index in [9.17, 15) is 9.59 Å². The fraction of sp³-hybridized carbons (Fsp3) is 0.231. The number of aromatic nitrogens is 4. The summed E-state index contributed by atoms with van der Waals surface area (Å²) >= 11 is 1.30. The van der Waals surface area contributed by atoms with Crippen molar-refractivity contribution in [3.05, 3.63) is 76.9 Å². The van der Waals surface area contributed by atoms with Crippen molar-refractivity contribution in [1.29, 1.82) is 0 Å². The summed E-state index contributed by atoms with van der Waals surface area (Å²) in [4.78, 5) is 34.3. The number of hydrogen-bond acceptors (Lipinski definition) is 9. The molecule has 1 unspecified atom stereocenters. The highest BCUT2D eigenvalue weighted by Gasteiger charge is 2.20. The van der Waals surface area contributed by atoms with Gasteiger partial charge >= 0.3 is 0 Å². The van der Waals surface area contributed by atoms with Gasteiger partial charge in [0.05, 0.1) is 11.9 Å². The van der Waals surface area contributed by atoms with Crippen molar-refractivity contribution in [2.24, 2.45) is 0 Å². The minimum atomic E-state index is -0.355. The number of nitrogen functional groups attached to an aromatic ring is 1. The van der Waals surface area contributed by atoms with Crippen LogP contribution in [0.25, 0.3) is 22.5 Å². The Morgan fingerprint density at radius 3 is 2.70 bits per heavy atom. The maximum absolute atomic E-state index is 12.9. The van der Waals surface area contributed by atoms with E-state index in [2.05, 4.69) is 35.5 Å². The molecule has 37 heavy (non-hydrogen) atoms. The first-order chi connectivity index (χ1) is 18.1. The SMILES string of the molecule is Nc1ncc(-c2cccc(C(=O)NCc3ccc(-c4csnn4)cc3)c2)nc1C(=O)NC1CCCNC1. The van der Waals surface area contributed by atoms with Crippen LogP contribution in [0.15, 0.2) is 60.1 Å². The molecule has 3 heterocycles. The van der Waals surface area contributed by atoms with Crippen LogP contribution in [0.3, 0.4) is 0 Å². The van der Waals surface area contributed by atoms with Crippen molar-refractivity contribution in [3.63, 3.8) is 0 Å². The van der Waals surface area contributed by atoms with Gasteiger partial charge in [-0.15, -0.1) is 5.10 Å². The van der Waals surface area contributed by atoms with Gasteiger partial charge in [-0.05, 0) is 48.6 Å². The van der Waals surface area contributed by atoms with Gasteiger partial charge in [-0.1, -0.05) is 40.9 Å². The van der Waals surface area contributed by atoms with E-state index in [0.29, 0.717) is 29.9 Å². The van der Waals surface area contributed by atoms with Gasteiger partial charge in [0.1, 0.15) is 5.69 Å². The van der Waals surface area contributed by atoms with Gasteiger partial charge in [0.15, 0.2) is 11.5 Å². The first kappa shape index (κ1) is 24.5. The Morgan fingerprint density at radius 2 is 1.95 bits per heavy atom. The fourth-order valence-electron chi connectivity index (χ4n) is 4.12. The predicted molar refractivity (Wildman–Crippen MR) is 142 cm³/mol. The van der Waals surface area contributed by atoms with Gasteiger partial charge in [0, 0.05) is 41.2 Å². The first-order valence-corrected chi connectivity index (χ1v) is 12.8. The second-order valence-corrected chi connectivity index (χ2v) is 9.37. The standard InChI is InChI=1S/C26H26N8O2S/c27-24-23(26(36)31-20-5-2-10-28-13-20)32-21(14-29-24)18-3-1-4-19(11-18)25(35)30-12-16-6-8-17(9-7-16)22-15-37-34-33-22/h1,3-4,6-9,11,14-15,20,28H,2,5,10,12-13H2,(H2,27,29)(H,30,35)(H,31,36). The second kappa shape index (κ2) is 11.2. The van der Waals surface area contributed by atoms with E-state index >= 15 is 0 Å². The lowest BCUT2D eigenvalue weighted by Gasteiger charge is -2.23. The molecule has 10 nitrogen and oxygen atoms in total. The molecule has 2 aromatic heterocycles. The third kappa shape index (κ3) is 5.96. The zero-order chi connectivity index (χ0) is 25.6. The van der Waals surface area contributed by atoms with Gasteiger partial charge in [-0.25, -0.2) is 9.97 Å². The summed E-state index contributed by atoms with van der Waals surface area (Å²) in [6.45, 7) is 2.04. The highest BCUT2D eigenvalue weighted by molar-refractivity contribution is 7.03. The average molecular weight is 515 g/mol. The molecular formula is C26H26N8O2S. The number of nitrogens with one attached hydrogen (secondary N) is 3. The number of anilines is 1.